The highest BCUT2D eigenvalue weighted by Crippen LogP contribution is 2.29. The van der Waals surface area contributed by atoms with Crippen molar-refractivity contribution in [1.82, 2.24) is 4.72 Å². The maximum atomic E-state index is 13.7. The molecule has 9 nitrogen and oxygen atoms in total. The molecule has 13 heteroatoms. The number of carbonyl (C=O) groups excluding carboxylic acids is 1. The molecule has 0 aromatic heterocycles. The molecule has 182 valence electrons. The van der Waals surface area contributed by atoms with Gasteiger partial charge in [-0.15, -0.1) is 0 Å². The molecule has 2 N–H and O–H groups in total. The van der Waals surface area contributed by atoms with Gasteiger partial charge in [0.2, 0.25) is 26.0 Å². The third-order valence-corrected chi connectivity index (χ3v) is 7.27. The van der Waals surface area contributed by atoms with Crippen LogP contribution in [0.25, 0.3) is 0 Å². The minimum Gasteiger partial charge on any atom is -0.495 e. The van der Waals surface area contributed by atoms with Gasteiger partial charge in [0.25, 0.3) is 0 Å². The predicted octanol–water partition coefficient (Wildman–Crippen LogP) is 2.45. The van der Waals surface area contributed by atoms with Gasteiger partial charge in [0, 0.05) is 12.1 Å². The summed E-state index contributed by atoms with van der Waals surface area (Å²) in [6.07, 6.45) is 0.809. The Kier molecular flexibility index (Phi) is 8.04. The van der Waals surface area contributed by atoms with Crippen molar-refractivity contribution >= 4 is 37.3 Å². The van der Waals surface area contributed by atoms with Crippen LogP contribution in [0.4, 0.5) is 20.2 Å². The number of amides is 1. The first-order chi connectivity index (χ1) is 15.2. The number of nitrogens with one attached hydrogen (secondary N) is 2. The van der Waals surface area contributed by atoms with Gasteiger partial charge < -0.3 is 10.1 Å². The van der Waals surface area contributed by atoms with Crippen LogP contribution in [-0.2, 0) is 24.8 Å². The number of carbonyl (C=O) groups is 1. The summed E-state index contributed by atoms with van der Waals surface area (Å²) in [6, 6.07) is 4.41. The highest BCUT2D eigenvalue weighted by atomic mass is 32.2. The second kappa shape index (κ2) is 10.0. The van der Waals surface area contributed by atoms with Crippen LogP contribution in [0.2, 0.25) is 0 Å². The van der Waals surface area contributed by atoms with Gasteiger partial charge in [0.15, 0.2) is 11.6 Å². The van der Waals surface area contributed by atoms with Gasteiger partial charge in [-0.3, -0.25) is 9.10 Å². The van der Waals surface area contributed by atoms with Crippen LogP contribution in [0.5, 0.6) is 5.75 Å². The van der Waals surface area contributed by atoms with Gasteiger partial charge >= 0.3 is 0 Å². The molecule has 0 saturated heterocycles. The van der Waals surface area contributed by atoms with E-state index in [9.17, 15) is 30.4 Å². The molecule has 0 fully saturated rings. The minimum atomic E-state index is -4.10. The smallest absolute Gasteiger partial charge is 0.248 e. The third kappa shape index (κ3) is 6.39. The van der Waals surface area contributed by atoms with Gasteiger partial charge in [-0.05, 0) is 51.1 Å². The first-order valence-electron chi connectivity index (χ1n) is 9.63. The number of anilines is 2. The Hall–Kier alpha value is -2.77. The van der Waals surface area contributed by atoms with Crippen LogP contribution in [0.15, 0.2) is 41.3 Å². The Labute approximate surface area is 191 Å². The molecule has 1 atom stereocenters. The van der Waals surface area contributed by atoms with E-state index in [1.54, 1.807) is 13.8 Å². The standard InChI is InChI=1S/C20H25F2N3O6S2/c1-12(2)24-33(29,30)15-7-9-19(31-4)18(11-15)23-20(26)13(3)25(32(5,27)28)14-6-8-16(21)17(22)10-14/h6-13,24H,1-5H3,(H,23,26). The number of sulfonamides is 2. The summed E-state index contributed by atoms with van der Waals surface area (Å²) in [5.41, 5.74) is -0.289. The quantitative estimate of drug-likeness (QED) is 0.540. The molecular weight excluding hydrogens is 480 g/mol. The van der Waals surface area contributed by atoms with E-state index in [2.05, 4.69) is 10.0 Å². The lowest BCUT2D eigenvalue weighted by atomic mass is 10.2. The largest absolute Gasteiger partial charge is 0.495 e. The molecule has 1 amide bonds. The lowest BCUT2D eigenvalue weighted by Gasteiger charge is -2.28. The van der Waals surface area contributed by atoms with Crippen molar-refractivity contribution in [1.29, 1.82) is 0 Å². The molecule has 0 bridgehead atoms. The van der Waals surface area contributed by atoms with Gasteiger partial charge in [0.1, 0.15) is 11.8 Å². The van der Waals surface area contributed by atoms with Crippen LogP contribution in [0, 0.1) is 11.6 Å². The normalized spacial score (nSPS) is 13.0. The van der Waals surface area contributed by atoms with Crippen molar-refractivity contribution in [2.24, 2.45) is 0 Å². The molecule has 0 radical (unpaired) electrons. The fourth-order valence-corrected chi connectivity index (χ4v) is 5.44. The van der Waals surface area contributed by atoms with Crippen LogP contribution in [0.1, 0.15) is 20.8 Å². The highest BCUT2D eigenvalue weighted by molar-refractivity contribution is 7.92. The summed E-state index contributed by atoms with van der Waals surface area (Å²) >= 11 is 0. The number of benzene rings is 2. The van der Waals surface area contributed by atoms with Crippen LogP contribution in [0.3, 0.4) is 0 Å². The first-order valence-corrected chi connectivity index (χ1v) is 13.0. The number of ether oxygens (including phenoxy) is 1. The zero-order chi connectivity index (χ0) is 25.1. The van der Waals surface area contributed by atoms with Crippen molar-refractivity contribution in [3.63, 3.8) is 0 Å². The van der Waals surface area contributed by atoms with Crippen molar-refractivity contribution in [2.75, 3.05) is 23.0 Å². The molecule has 0 saturated carbocycles. The zero-order valence-corrected chi connectivity index (χ0v) is 20.2. The molecule has 0 aliphatic heterocycles. The number of methoxy groups -OCH3 is 1. The molecule has 0 aliphatic rings. The van der Waals surface area contributed by atoms with Crippen LogP contribution >= 0.6 is 0 Å². The average Bonchev–Trinajstić information content (AvgIpc) is 2.68. The van der Waals surface area contributed by atoms with Crippen LogP contribution in [-0.4, -0.2) is 48.2 Å². The molecule has 0 heterocycles. The molecule has 33 heavy (non-hydrogen) atoms. The Morgan fingerprint density at radius 2 is 1.64 bits per heavy atom. The Morgan fingerprint density at radius 1 is 1.00 bits per heavy atom. The topological polar surface area (TPSA) is 122 Å². The second-order valence-electron chi connectivity index (χ2n) is 7.46. The zero-order valence-electron chi connectivity index (χ0n) is 18.6. The van der Waals surface area contributed by atoms with Crippen molar-refractivity contribution < 1.29 is 35.1 Å². The summed E-state index contributed by atoms with van der Waals surface area (Å²) in [5, 5.41) is 2.45. The molecule has 2 aromatic carbocycles. The molecular formula is C20H25F2N3O6S2. The lowest BCUT2D eigenvalue weighted by molar-refractivity contribution is -0.116. The van der Waals surface area contributed by atoms with Crippen LogP contribution < -0.4 is 19.1 Å². The van der Waals surface area contributed by atoms with E-state index < -0.39 is 43.6 Å². The Bertz CT molecular complexity index is 1250. The van der Waals surface area contributed by atoms with E-state index in [0.717, 1.165) is 24.5 Å². The lowest BCUT2D eigenvalue weighted by Crippen LogP contribution is -2.45. The Morgan fingerprint density at radius 3 is 2.15 bits per heavy atom. The van der Waals surface area contributed by atoms with E-state index in [1.807, 2.05) is 0 Å². The SMILES string of the molecule is COc1ccc(S(=O)(=O)NC(C)C)cc1NC(=O)C(C)N(c1ccc(F)c(F)c1)S(C)(=O)=O. The average molecular weight is 506 g/mol. The molecule has 1 unspecified atom stereocenters. The molecule has 0 aliphatic carbocycles. The van der Waals surface area contributed by atoms with Gasteiger partial charge in [-0.25, -0.2) is 30.3 Å². The summed E-state index contributed by atoms with van der Waals surface area (Å²) < 4.78 is 84.9. The number of halogens is 2. The highest BCUT2D eigenvalue weighted by Gasteiger charge is 2.30. The second-order valence-corrected chi connectivity index (χ2v) is 11.0. The fourth-order valence-electron chi connectivity index (χ4n) is 3.00. The number of rotatable bonds is 9. The van der Waals surface area contributed by atoms with E-state index in [1.165, 1.54) is 26.2 Å². The summed E-state index contributed by atoms with van der Waals surface area (Å²) in [4.78, 5) is 12.8. The summed E-state index contributed by atoms with van der Waals surface area (Å²) in [7, 11) is -6.69. The van der Waals surface area contributed by atoms with E-state index in [-0.39, 0.29) is 28.1 Å². The van der Waals surface area contributed by atoms with E-state index in [0.29, 0.717) is 10.4 Å². The Balaban J connectivity index is 2.44. The number of hydrogen-bond acceptors (Lipinski definition) is 6. The number of hydrogen-bond donors (Lipinski definition) is 2. The third-order valence-electron chi connectivity index (χ3n) is 4.38. The van der Waals surface area contributed by atoms with Crippen molar-refractivity contribution in [3.05, 3.63) is 48.0 Å². The summed E-state index contributed by atoms with van der Waals surface area (Å²) in [5.74, 6) is -3.21. The van der Waals surface area contributed by atoms with Gasteiger partial charge in [-0.1, -0.05) is 0 Å². The van der Waals surface area contributed by atoms with Crippen molar-refractivity contribution in [3.8, 4) is 5.75 Å². The molecule has 2 aromatic rings. The first kappa shape index (κ1) is 26.5. The maximum absolute atomic E-state index is 13.7. The fraction of sp³-hybridized carbons (Fsp3) is 0.350. The van der Waals surface area contributed by atoms with E-state index in [4.69, 9.17) is 4.74 Å². The minimum absolute atomic E-state index is 0.0280. The monoisotopic (exact) mass is 505 g/mol. The predicted molar refractivity (Wildman–Crippen MR) is 120 cm³/mol. The van der Waals surface area contributed by atoms with E-state index >= 15 is 0 Å². The van der Waals surface area contributed by atoms with Gasteiger partial charge in [-0.2, -0.15) is 0 Å². The molecule has 0 spiro atoms. The van der Waals surface area contributed by atoms with Crippen molar-refractivity contribution in [2.45, 2.75) is 37.8 Å². The van der Waals surface area contributed by atoms with Gasteiger partial charge in [0.05, 0.1) is 29.6 Å². The number of nitrogens with zero attached hydrogens (tertiary/aromatic N) is 1. The molecule has 2 rings (SSSR count). The maximum Gasteiger partial charge on any atom is 0.248 e. The summed E-state index contributed by atoms with van der Waals surface area (Å²) in [6.45, 7) is 4.53.